The molecule has 0 radical (unpaired) electrons. The number of amides is 2. The van der Waals surface area contributed by atoms with Crippen LogP contribution < -0.4 is 4.74 Å². The highest BCUT2D eigenvalue weighted by Gasteiger charge is 2.29. The van der Waals surface area contributed by atoms with Crippen molar-refractivity contribution >= 4 is 17.8 Å². The number of likely N-dealkylation sites (tertiary alicyclic amines) is 1. The van der Waals surface area contributed by atoms with Gasteiger partial charge in [-0.2, -0.15) is 0 Å². The molecule has 1 aromatic carbocycles. The lowest BCUT2D eigenvalue weighted by molar-refractivity contribution is -0.145. The molecule has 1 atom stereocenters. The molecule has 0 bridgehead atoms. The maximum atomic E-state index is 12.6. The Morgan fingerprint density at radius 1 is 1.25 bits per heavy atom. The van der Waals surface area contributed by atoms with E-state index < -0.39 is 11.9 Å². The van der Waals surface area contributed by atoms with Crippen molar-refractivity contribution in [2.24, 2.45) is 11.8 Å². The van der Waals surface area contributed by atoms with Crippen LogP contribution in [0.5, 0.6) is 5.75 Å². The summed E-state index contributed by atoms with van der Waals surface area (Å²) in [6, 6.07) is 6.89. The van der Waals surface area contributed by atoms with Crippen LogP contribution in [0.2, 0.25) is 0 Å². The first-order valence-electron chi connectivity index (χ1n) is 9.76. The van der Waals surface area contributed by atoms with Crippen LogP contribution in [0.3, 0.4) is 0 Å². The summed E-state index contributed by atoms with van der Waals surface area (Å²) in [4.78, 5) is 39.1. The third-order valence-electron chi connectivity index (χ3n) is 4.91. The van der Waals surface area contributed by atoms with E-state index in [0.717, 1.165) is 6.42 Å². The average Bonchev–Trinajstić information content (AvgIpc) is 2.67. The normalized spacial score (nSPS) is 16.7. The Morgan fingerprint density at radius 3 is 2.54 bits per heavy atom. The van der Waals surface area contributed by atoms with Crippen molar-refractivity contribution in [2.75, 3.05) is 33.3 Å². The zero-order chi connectivity index (χ0) is 20.7. The summed E-state index contributed by atoms with van der Waals surface area (Å²) in [5, 5.41) is 9.15. The van der Waals surface area contributed by atoms with Crippen molar-refractivity contribution < 1.29 is 24.2 Å². The molecule has 2 rings (SSSR count). The van der Waals surface area contributed by atoms with Crippen molar-refractivity contribution in [3.63, 3.8) is 0 Å². The van der Waals surface area contributed by atoms with Gasteiger partial charge in [0.1, 0.15) is 5.75 Å². The molecular formula is C21H30N2O5. The van der Waals surface area contributed by atoms with E-state index in [1.54, 1.807) is 31.3 Å². The molecule has 1 aliphatic heterocycles. The minimum atomic E-state index is -0.877. The molecule has 1 heterocycles. The van der Waals surface area contributed by atoms with Crippen molar-refractivity contribution in [1.29, 1.82) is 0 Å². The summed E-state index contributed by atoms with van der Waals surface area (Å²) >= 11 is 0. The Hall–Kier alpha value is -2.57. The molecule has 28 heavy (non-hydrogen) atoms. The van der Waals surface area contributed by atoms with Gasteiger partial charge in [-0.1, -0.05) is 13.8 Å². The number of nitrogens with zero attached hydrogens (tertiary/aromatic N) is 2. The second-order valence-electron chi connectivity index (χ2n) is 7.73. The number of carboxylic acids is 1. The lowest BCUT2D eigenvalue weighted by atomic mass is 9.98. The fourth-order valence-electron chi connectivity index (χ4n) is 3.11. The standard InChI is InChI=1S/C21H30N2O5/c1-15(2)10-12-28-18-8-6-16(7-9-18)20(25)22(3)14-19(24)23-11-4-5-17(13-23)21(26)27/h6-9,15,17H,4-5,10-14H2,1-3H3,(H,26,27). The molecule has 0 saturated carbocycles. The van der Waals surface area contributed by atoms with Gasteiger partial charge >= 0.3 is 5.97 Å². The van der Waals surface area contributed by atoms with Crippen LogP contribution in [0.25, 0.3) is 0 Å². The van der Waals surface area contributed by atoms with E-state index in [2.05, 4.69) is 13.8 Å². The number of carbonyl (C=O) groups excluding carboxylic acids is 2. The van der Waals surface area contributed by atoms with E-state index in [9.17, 15) is 14.4 Å². The van der Waals surface area contributed by atoms with Gasteiger partial charge in [0.05, 0.1) is 19.1 Å². The maximum Gasteiger partial charge on any atom is 0.308 e. The Balaban J connectivity index is 1.87. The summed E-state index contributed by atoms with van der Waals surface area (Å²) in [7, 11) is 1.58. The van der Waals surface area contributed by atoms with Crippen LogP contribution in [0, 0.1) is 11.8 Å². The fourth-order valence-corrected chi connectivity index (χ4v) is 3.11. The summed E-state index contributed by atoms with van der Waals surface area (Å²) in [6.45, 7) is 5.57. The summed E-state index contributed by atoms with van der Waals surface area (Å²) in [6.07, 6.45) is 2.21. The summed E-state index contributed by atoms with van der Waals surface area (Å²) in [5.74, 6) is -0.606. The molecule has 1 aliphatic rings. The Kier molecular flexibility index (Phi) is 7.84. The van der Waals surface area contributed by atoms with E-state index in [0.29, 0.717) is 43.2 Å². The zero-order valence-corrected chi connectivity index (χ0v) is 16.9. The number of rotatable bonds is 8. The molecule has 7 nitrogen and oxygen atoms in total. The number of hydrogen-bond donors (Lipinski definition) is 1. The van der Waals surface area contributed by atoms with Gasteiger partial charge < -0.3 is 19.6 Å². The number of aliphatic carboxylic acids is 1. The number of likely N-dealkylation sites (N-methyl/N-ethyl adjacent to an activating group) is 1. The Labute approximate surface area is 166 Å². The van der Waals surface area contributed by atoms with Crippen molar-refractivity contribution in [2.45, 2.75) is 33.1 Å². The molecule has 1 unspecified atom stereocenters. The molecule has 1 aromatic rings. The van der Waals surface area contributed by atoms with E-state index in [4.69, 9.17) is 9.84 Å². The summed E-state index contributed by atoms with van der Waals surface area (Å²) in [5.41, 5.74) is 0.480. The SMILES string of the molecule is CC(C)CCOc1ccc(C(=O)N(C)CC(=O)N2CCCC(C(=O)O)C2)cc1. The molecule has 0 aliphatic carbocycles. The second kappa shape index (κ2) is 10.1. The molecule has 1 saturated heterocycles. The predicted molar refractivity (Wildman–Crippen MR) is 105 cm³/mol. The number of benzene rings is 1. The highest BCUT2D eigenvalue weighted by atomic mass is 16.5. The van der Waals surface area contributed by atoms with Gasteiger partial charge in [-0.15, -0.1) is 0 Å². The molecule has 154 valence electrons. The highest BCUT2D eigenvalue weighted by molar-refractivity contribution is 5.96. The number of ether oxygens (including phenoxy) is 1. The lowest BCUT2D eigenvalue weighted by Crippen LogP contribution is -2.46. The van der Waals surface area contributed by atoms with Crippen molar-refractivity contribution in [3.8, 4) is 5.75 Å². The van der Waals surface area contributed by atoms with Crippen molar-refractivity contribution in [1.82, 2.24) is 9.80 Å². The first kappa shape index (κ1) is 21.7. The van der Waals surface area contributed by atoms with Crippen LogP contribution in [0.15, 0.2) is 24.3 Å². The molecule has 7 heteroatoms. The molecule has 2 amide bonds. The first-order valence-corrected chi connectivity index (χ1v) is 9.76. The fraction of sp³-hybridized carbons (Fsp3) is 0.571. The number of carboxylic acid groups (broad SMARTS) is 1. The van der Waals surface area contributed by atoms with E-state index >= 15 is 0 Å². The van der Waals surface area contributed by atoms with Crippen LogP contribution in [-0.4, -0.2) is 66.0 Å². The predicted octanol–water partition coefficient (Wildman–Crippen LogP) is 2.51. The van der Waals surface area contributed by atoms with Crippen LogP contribution in [0.4, 0.5) is 0 Å². The number of hydrogen-bond acceptors (Lipinski definition) is 4. The quantitative estimate of drug-likeness (QED) is 0.737. The minimum Gasteiger partial charge on any atom is -0.494 e. The molecular weight excluding hydrogens is 360 g/mol. The smallest absolute Gasteiger partial charge is 0.308 e. The zero-order valence-electron chi connectivity index (χ0n) is 16.9. The van der Waals surface area contributed by atoms with Crippen LogP contribution >= 0.6 is 0 Å². The third-order valence-corrected chi connectivity index (χ3v) is 4.91. The highest BCUT2D eigenvalue weighted by Crippen LogP contribution is 2.18. The van der Waals surface area contributed by atoms with Gasteiger partial charge in [-0.3, -0.25) is 14.4 Å². The van der Waals surface area contributed by atoms with Gasteiger partial charge in [-0.25, -0.2) is 0 Å². The number of carbonyl (C=O) groups is 3. The Bertz CT molecular complexity index is 687. The van der Waals surface area contributed by atoms with E-state index in [-0.39, 0.29) is 24.9 Å². The van der Waals surface area contributed by atoms with Gasteiger partial charge in [0.2, 0.25) is 5.91 Å². The van der Waals surface area contributed by atoms with Gasteiger partial charge in [0, 0.05) is 25.7 Å². The molecule has 0 aromatic heterocycles. The average molecular weight is 390 g/mol. The number of piperidine rings is 1. The van der Waals surface area contributed by atoms with Gasteiger partial charge in [0.25, 0.3) is 5.91 Å². The van der Waals surface area contributed by atoms with Crippen molar-refractivity contribution in [3.05, 3.63) is 29.8 Å². The second-order valence-corrected chi connectivity index (χ2v) is 7.73. The van der Waals surface area contributed by atoms with Gasteiger partial charge in [0.15, 0.2) is 0 Å². The molecule has 1 fully saturated rings. The van der Waals surface area contributed by atoms with E-state index in [1.807, 2.05) is 0 Å². The monoisotopic (exact) mass is 390 g/mol. The lowest BCUT2D eigenvalue weighted by Gasteiger charge is -2.32. The topological polar surface area (TPSA) is 87.2 Å². The van der Waals surface area contributed by atoms with E-state index in [1.165, 1.54) is 9.80 Å². The van der Waals surface area contributed by atoms with Crippen LogP contribution in [-0.2, 0) is 9.59 Å². The van der Waals surface area contributed by atoms with Crippen LogP contribution in [0.1, 0.15) is 43.5 Å². The maximum absolute atomic E-state index is 12.6. The third kappa shape index (κ3) is 6.25. The molecule has 0 spiro atoms. The van der Waals surface area contributed by atoms with Gasteiger partial charge in [-0.05, 0) is 49.4 Å². The Morgan fingerprint density at radius 2 is 1.93 bits per heavy atom. The largest absolute Gasteiger partial charge is 0.494 e. The minimum absolute atomic E-state index is 0.0716. The summed E-state index contributed by atoms with van der Waals surface area (Å²) < 4.78 is 5.65. The molecule has 1 N–H and O–H groups in total. The first-order chi connectivity index (χ1) is 13.3.